The second kappa shape index (κ2) is 8.40. The molecule has 1 heterocycles. The van der Waals surface area contributed by atoms with Crippen molar-refractivity contribution in [1.82, 2.24) is 15.2 Å². The zero-order valence-electron chi connectivity index (χ0n) is 14.2. The number of nitrogens with zero attached hydrogens (tertiary/aromatic N) is 2. The minimum Gasteiger partial charge on any atom is -0.368 e. The van der Waals surface area contributed by atoms with Gasteiger partial charge in [0.05, 0.1) is 0 Å². The lowest BCUT2D eigenvalue weighted by Crippen LogP contribution is -2.39. The molecule has 5 nitrogen and oxygen atoms in total. The summed E-state index contributed by atoms with van der Waals surface area (Å²) in [7, 11) is 3.59. The van der Waals surface area contributed by atoms with E-state index in [1.807, 2.05) is 19.1 Å². The summed E-state index contributed by atoms with van der Waals surface area (Å²) in [5, 5.41) is 6.06. The van der Waals surface area contributed by atoms with Gasteiger partial charge in [0, 0.05) is 19.3 Å². The Hall–Kier alpha value is -2.47. The molecule has 2 aromatic rings. The number of amides is 1. The van der Waals surface area contributed by atoms with Gasteiger partial charge in [0.2, 0.25) is 5.91 Å². The second-order valence-electron chi connectivity index (χ2n) is 5.81. The number of hydrogen-bond donors (Lipinski definition) is 2. The van der Waals surface area contributed by atoms with Gasteiger partial charge in [-0.3, -0.25) is 9.69 Å². The summed E-state index contributed by atoms with van der Waals surface area (Å²) in [5.74, 6) is 0.297. The van der Waals surface area contributed by atoms with E-state index in [0.29, 0.717) is 18.7 Å². The van der Waals surface area contributed by atoms with Crippen molar-refractivity contribution in [3.05, 3.63) is 59.5 Å². The highest BCUT2D eigenvalue weighted by molar-refractivity contribution is 5.83. The summed E-state index contributed by atoms with van der Waals surface area (Å²) in [6.45, 7) is 2.99. The summed E-state index contributed by atoms with van der Waals surface area (Å²) in [5.41, 5.74) is 1.68. The van der Waals surface area contributed by atoms with Crippen LogP contribution >= 0.6 is 0 Å². The van der Waals surface area contributed by atoms with Crippen LogP contribution in [0.5, 0.6) is 0 Å². The Morgan fingerprint density at radius 3 is 2.71 bits per heavy atom. The smallest absolute Gasteiger partial charge is 0.242 e. The Morgan fingerprint density at radius 2 is 2.04 bits per heavy atom. The molecule has 6 heteroatoms. The molecule has 2 N–H and O–H groups in total. The van der Waals surface area contributed by atoms with Crippen LogP contribution in [-0.2, 0) is 4.79 Å². The van der Waals surface area contributed by atoms with Gasteiger partial charge in [-0.2, -0.15) is 0 Å². The lowest BCUT2D eigenvalue weighted by molar-refractivity contribution is -0.125. The molecule has 24 heavy (non-hydrogen) atoms. The van der Waals surface area contributed by atoms with Gasteiger partial charge < -0.3 is 10.6 Å². The Labute approximate surface area is 141 Å². The van der Waals surface area contributed by atoms with Gasteiger partial charge in [-0.1, -0.05) is 18.2 Å². The monoisotopic (exact) mass is 330 g/mol. The highest BCUT2D eigenvalue weighted by Crippen LogP contribution is 2.19. The van der Waals surface area contributed by atoms with E-state index in [9.17, 15) is 9.18 Å². The van der Waals surface area contributed by atoms with Crippen molar-refractivity contribution in [2.45, 2.75) is 13.0 Å². The number of halogens is 1. The first-order valence-electron chi connectivity index (χ1n) is 7.84. The first kappa shape index (κ1) is 17.9. The fourth-order valence-corrected chi connectivity index (χ4v) is 2.49. The largest absolute Gasteiger partial charge is 0.368 e. The Morgan fingerprint density at radius 1 is 1.25 bits per heavy atom. The highest BCUT2D eigenvalue weighted by atomic mass is 19.1. The maximum absolute atomic E-state index is 13.4. The first-order valence-corrected chi connectivity index (χ1v) is 7.84. The standard InChI is InChI=1S/C18H23FN4O/c1-13-6-5-9-20-17(13)21-10-11-22-18(24)16(23(2)3)14-7-4-8-15(19)12-14/h4-9,12,16H,10-11H2,1-3H3,(H,20,21)(H,22,24). The molecule has 1 unspecified atom stereocenters. The number of nitrogens with one attached hydrogen (secondary N) is 2. The van der Waals surface area contributed by atoms with Crippen molar-refractivity contribution in [2.75, 3.05) is 32.5 Å². The van der Waals surface area contributed by atoms with Crippen LogP contribution in [0.15, 0.2) is 42.6 Å². The van der Waals surface area contributed by atoms with E-state index in [1.54, 1.807) is 37.3 Å². The zero-order valence-corrected chi connectivity index (χ0v) is 14.2. The Balaban J connectivity index is 1.91. The van der Waals surface area contributed by atoms with Gasteiger partial charge in [-0.05, 0) is 50.3 Å². The van der Waals surface area contributed by atoms with E-state index in [4.69, 9.17) is 0 Å². The molecule has 0 bridgehead atoms. The van der Waals surface area contributed by atoms with Crippen molar-refractivity contribution in [3.63, 3.8) is 0 Å². The van der Waals surface area contributed by atoms with Crippen LogP contribution < -0.4 is 10.6 Å². The number of likely N-dealkylation sites (N-methyl/N-ethyl adjacent to an activating group) is 1. The number of aryl methyl sites for hydroxylation is 1. The van der Waals surface area contributed by atoms with Crippen LogP contribution in [0.3, 0.4) is 0 Å². The van der Waals surface area contributed by atoms with Crippen molar-refractivity contribution in [1.29, 1.82) is 0 Å². The minimum absolute atomic E-state index is 0.162. The average Bonchev–Trinajstić information content (AvgIpc) is 2.53. The van der Waals surface area contributed by atoms with E-state index in [-0.39, 0.29) is 11.7 Å². The molecule has 1 amide bonds. The van der Waals surface area contributed by atoms with Crippen molar-refractivity contribution in [2.24, 2.45) is 0 Å². The lowest BCUT2D eigenvalue weighted by atomic mass is 10.1. The molecule has 0 saturated heterocycles. The van der Waals surface area contributed by atoms with Crippen LogP contribution in [0.25, 0.3) is 0 Å². The molecular weight excluding hydrogens is 307 g/mol. The maximum atomic E-state index is 13.4. The van der Waals surface area contributed by atoms with Gasteiger partial charge in [0.15, 0.2) is 0 Å². The molecule has 0 fully saturated rings. The van der Waals surface area contributed by atoms with Gasteiger partial charge in [-0.25, -0.2) is 9.37 Å². The Bertz CT molecular complexity index is 690. The molecule has 0 aliphatic carbocycles. The Kier molecular flexibility index (Phi) is 6.26. The molecule has 0 radical (unpaired) electrons. The average molecular weight is 330 g/mol. The minimum atomic E-state index is -0.530. The molecule has 0 saturated carbocycles. The number of aromatic nitrogens is 1. The van der Waals surface area contributed by atoms with E-state index in [1.165, 1.54) is 12.1 Å². The third kappa shape index (κ3) is 4.76. The molecule has 0 spiro atoms. The molecule has 0 aliphatic rings. The van der Waals surface area contributed by atoms with Crippen LogP contribution in [-0.4, -0.2) is 43.0 Å². The molecule has 2 rings (SSSR count). The number of rotatable bonds is 7. The van der Waals surface area contributed by atoms with E-state index in [2.05, 4.69) is 15.6 Å². The summed E-state index contributed by atoms with van der Waals surface area (Å²) in [4.78, 5) is 18.5. The number of pyridine rings is 1. The molecule has 0 aliphatic heterocycles. The predicted molar refractivity (Wildman–Crippen MR) is 93.3 cm³/mol. The van der Waals surface area contributed by atoms with Crippen molar-refractivity contribution >= 4 is 11.7 Å². The van der Waals surface area contributed by atoms with Crippen LogP contribution in [0.4, 0.5) is 10.2 Å². The first-order chi connectivity index (χ1) is 11.5. The van der Waals surface area contributed by atoms with Crippen LogP contribution in [0, 0.1) is 12.7 Å². The van der Waals surface area contributed by atoms with E-state index >= 15 is 0 Å². The number of hydrogen-bond acceptors (Lipinski definition) is 4. The van der Waals surface area contributed by atoms with Crippen molar-refractivity contribution in [3.8, 4) is 0 Å². The van der Waals surface area contributed by atoms with E-state index < -0.39 is 6.04 Å². The fourth-order valence-electron chi connectivity index (χ4n) is 2.49. The molecule has 1 atom stereocenters. The van der Waals surface area contributed by atoms with Crippen molar-refractivity contribution < 1.29 is 9.18 Å². The van der Waals surface area contributed by atoms with Crippen LogP contribution in [0.1, 0.15) is 17.2 Å². The number of carbonyl (C=O) groups excluding carboxylic acids is 1. The summed E-state index contributed by atoms with van der Waals surface area (Å²) < 4.78 is 13.4. The van der Waals surface area contributed by atoms with Gasteiger partial charge in [-0.15, -0.1) is 0 Å². The molecule has 1 aromatic heterocycles. The van der Waals surface area contributed by atoms with Gasteiger partial charge in [0.25, 0.3) is 0 Å². The summed E-state index contributed by atoms with van der Waals surface area (Å²) in [6, 6.07) is 9.44. The highest BCUT2D eigenvalue weighted by Gasteiger charge is 2.22. The second-order valence-corrected chi connectivity index (χ2v) is 5.81. The normalized spacial score (nSPS) is 12.0. The molecular formula is C18H23FN4O. The zero-order chi connectivity index (χ0) is 17.5. The SMILES string of the molecule is Cc1cccnc1NCCNC(=O)C(c1cccc(F)c1)N(C)C. The lowest BCUT2D eigenvalue weighted by Gasteiger charge is -2.24. The molecule has 128 valence electrons. The fraction of sp³-hybridized carbons (Fsp3) is 0.333. The third-order valence-electron chi connectivity index (χ3n) is 3.66. The van der Waals surface area contributed by atoms with E-state index in [0.717, 1.165) is 11.4 Å². The number of benzene rings is 1. The quantitative estimate of drug-likeness (QED) is 0.765. The summed E-state index contributed by atoms with van der Waals surface area (Å²) in [6.07, 6.45) is 1.72. The molecule has 1 aromatic carbocycles. The van der Waals surface area contributed by atoms with Crippen LogP contribution in [0.2, 0.25) is 0 Å². The van der Waals surface area contributed by atoms with Gasteiger partial charge >= 0.3 is 0 Å². The number of anilines is 1. The van der Waals surface area contributed by atoms with Gasteiger partial charge in [0.1, 0.15) is 17.7 Å². The number of carbonyl (C=O) groups is 1. The summed E-state index contributed by atoms with van der Waals surface area (Å²) >= 11 is 0. The maximum Gasteiger partial charge on any atom is 0.242 e. The topological polar surface area (TPSA) is 57.3 Å². The third-order valence-corrected chi connectivity index (χ3v) is 3.66. The predicted octanol–water partition coefficient (Wildman–Crippen LogP) is 2.36.